The Morgan fingerprint density at radius 3 is 2.64 bits per heavy atom. The van der Waals surface area contributed by atoms with Crippen molar-refractivity contribution in [3.8, 4) is 11.5 Å². The number of nitrogens with zero attached hydrogens (tertiary/aromatic N) is 3. The third-order valence-corrected chi connectivity index (χ3v) is 6.73. The van der Waals surface area contributed by atoms with E-state index in [4.69, 9.17) is 4.42 Å². The fraction of sp³-hybridized carbons (Fsp3) is 0.389. The van der Waals surface area contributed by atoms with Gasteiger partial charge in [-0.1, -0.05) is 37.8 Å². The summed E-state index contributed by atoms with van der Waals surface area (Å²) in [5, 5.41) is 8.26. The standard InChI is InChI=1S/C18H23N3O5S2/c1-5-21(6-2)28(23,24)15-9-7-8-14(12-15)16-19-20-18(26-16)27-11-10-13(3)17(22)25-4/h7-10,12H,5-6,11H2,1-4H3. The maximum absolute atomic E-state index is 12.7. The molecule has 0 atom stereocenters. The number of hydrogen-bond donors (Lipinski definition) is 0. The van der Waals surface area contributed by atoms with Crippen LogP contribution >= 0.6 is 11.8 Å². The molecule has 0 radical (unpaired) electrons. The fourth-order valence-corrected chi connectivity index (χ4v) is 4.59. The zero-order valence-electron chi connectivity index (χ0n) is 16.2. The molecule has 0 amide bonds. The number of hydrogen-bond acceptors (Lipinski definition) is 8. The van der Waals surface area contributed by atoms with E-state index in [1.165, 1.54) is 29.2 Å². The van der Waals surface area contributed by atoms with E-state index in [9.17, 15) is 13.2 Å². The zero-order valence-corrected chi connectivity index (χ0v) is 17.8. The minimum absolute atomic E-state index is 0.178. The number of carbonyl (C=O) groups is 1. The number of sulfonamides is 1. The van der Waals surface area contributed by atoms with Gasteiger partial charge >= 0.3 is 5.97 Å². The van der Waals surface area contributed by atoms with Crippen molar-refractivity contribution in [1.29, 1.82) is 0 Å². The van der Waals surface area contributed by atoms with Crippen LogP contribution in [-0.2, 0) is 19.6 Å². The summed E-state index contributed by atoms with van der Waals surface area (Å²) in [6.45, 7) is 6.03. The van der Waals surface area contributed by atoms with E-state index in [-0.39, 0.29) is 10.8 Å². The van der Waals surface area contributed by atoms with Gasteiger partial charge in [0.15, 0.2) is 0 Å². The number of aromatic nitrogens is 2. The lowest BCUT2D eigenvalue weighted by Crippen LogP contribution is -2.30. The quantitative estimate of drug-likeness (QED) is 0.343. The molecule has 0 saturated heterocycles. The van der Waals surface area contributed by atoms with E-state index in [0.717, 1.165) is 0 Å². The lowest BCUT2D eigenvalue weighted by Gasteiger charge is -2.18. The molecule has 28 heavy (non-hydrogen) atoms. The summed E-state index contributed by atoms with van der Waals surface area (Å²) in [5.74, 6) is 0.296. The first-order chi connectivity index (χ1) is 13.3. The minimum Gasteiger partial charge on any atom is -0.466 e. The number of esters is 1. The molecule has 0 spiro atoms. The van der Waals surface area contributed by atoms with Gasteiger partial charge in [0, 0.05) is 30.0 Å². The Morgan fingerprint density at radius 1 is 1.29 bits per heavy atom. The highest BCUT2D eigenvalue weighted by Crippen LogP contribution is 2.26. The SMILES string of the molecule is CCN(CC)S(=O)(=O)c1cccc(-c2nnc(SCC=C(C)C(=O)OC)o2)c1. The van der Waals surface area contributed by atoms with Crippen LogP contribution in [0.2, 0.25) is 0 Å². The number of ether oxygens (including phenoxy) is 1. The van der Waals surface area contributed by atoms with Gasteiger partial charge in [0.05, 0.1) is 12.0 Å². The largest absolute Gasteiger partial charge is 0.466 e. The monoisotopic (exact) mass is 425 g/mol. The van der Waals surface area contributed by atoms with E-state index in [1.807, 2.05) is 0 Å². The Bertz CT molecular complexity index is 950. The summed E-state index contributed by atoms with van der Waals surface area (Å²) in [4.78, 5) is 11.5. The van der Waals surface area contributed by atoms with Crippen molar-refractivity contribution in [2.24, 2.45) is 0 Å². The molecule has 10 heteroatoms. The summed E-state index contributed by atoms with van der Waals surface area (Å²) in [6.07, 6.45) is 1.71. The number of benzene rings is 1. The molecule has 0 bridgehead atoms. The number of thioether (sulfide) groups is 1. The Morgan fingerprint density at radius 2 is 2.00 bits per heavy atom. The molecule has 0 unspecified atom stereocenters. The molecule has 1 aromatic heterocycles. The third-order valence-electron chi connectivity index (χ3n) is 3.93. The molecule has 152 valence electrons. The van der Waals surface area contributed by atoms with Crippen LogP contribution in [0.3, 0.4) is 0 Å². The predicted molar refractivity (Wildman–Crippen MR) is 106 cm³/mol. The van der Waals surface area contributed by atoms with E-state index >= 15 is 0 Å². The highest BCUT2D eigenvalue weighted by molar-refractivity contribution is 7.99. The van der Waals surface area contributed by atoms with Gasteiger partial charge in [-0.2, -0.15) is 4.31 Å². The topological polar surface area (TPSA) is 103 Å². The van der Waals surface area contributed by atoms with Crippen LogP contribution in [0.25, 0.3) is 11.5 Å². The average molecular weight is 426 g/mol. The molecule has 0 aliphatic carbocycles. The first-order valence-corrected chi connectivity index (χ1v) is 11.1. The summed E-state index contributed by atoms with van der Waals surface area (Å²) >= 11 is 1.26. The summed E-state index contributed by atoms with van der Waals surface area (Å²) in [6, 6.07) is 6.43. The van der Waals surface area contributed by atoms with Crippen molar-refractivity contribution in [3.05, 3.63) is 35.9 Å². The highest BCUT2D eigenvalue weighted by Gasteiger charge is 2.22. The predicted octanol–water partition coefficient (Wildman–Crippen LogP) is 2.98. The van der Waals surface area contributed by atoms with Crippen molar-refractivity contribution in [1.82, 2.24) is 14.5 Å². The van der Waals surface area contributed by atoms with Gasteiger partial charge in [0.1, 0.15) is 0 Å². The van der Waals surface area contributed by atoms with E-state index in [2.05, 4.69) is 14.9 Å². The van der Waals surface area contributed by atoms with Gasteiger partial charge < -0.3 is 9.15 Å². The fourth-order valence-electron chi connectivity index (χ4n) is 2.37. The lowest BCUT2D eigenvalue weighted by molar-refractivity contribution is -0.136. The minimum atomic E-state index is -3.57. The first kappa shape index (κ1) is 22.1. The Kier molecular flexibility index (Phi) is 7.78. The molecule has 0 saturated carbocycles. The van der Waals surface area contributed by atoms with Crippen LogP contribution in [0.4, 0.5) is 0 Å². The normalized spacial score (nSPS) is 12.4. The van der Waals surface area contributed by atoms with Crippen LogP contribution in [0.5, 0.6) is 0 Å². The number of methoxy groups -OCH3 is 1. The van der Waals surface area contributed by atoms with Gasteiger partial charge in [-0.25, -0.2) is 13.2 Å². The van der Waals surface area contributed by atoms with Crippen LogP contribution < -0.4 is 0 Å². The summed E-state index contributed by atoms with van der Waals surface area (Å²) in [5.41, 5.74) is 1.01. The zero-order chi connectivity index (χ0) is 20.7. The molecule has 1 heterocycles. The summed E-state index contributed by atoms with van der Waals surface area (Å²) < 4.78 is 37.0. The van der Waals surface area contributed by atoms with Gasteiger partial charge in [-0.3, -0.25) is 0 Å². The molecule has 2 aromatic rings. The summed E-state index contributed by atoms with van der Waals surface area (Å²) in [7, 11) is -2.25. The number of carbonyl (C=O) groups excluding carboxylic acids is 1. The maximum Gasteiger partial charge on any atom is 0.333 e. The highest BCUT2D eigenvalue weighted by atomic mass is 32.2. The smallest absolute Gasteiger partial charge is 0.333 e. The van der Waals surface area contributed by atoms with E-state index in [0.29, 0.717) is 35.2 Å². The molecule has 1 aromatic carbocycles. The Labute approximate surface area is 169 Å². The van der Waals surface area contributed by atoms with Crippen LogP contribution in [0.1, 0.15) is 20.8 Å². The lowest BCUT2D eigenvalue weighted by atomic mass is 10.2. The van der Waals surface area contributed by atoms with Crippen molar-refractivity contribution >= 4 is 27.8 Å². The Balaban J connectivity index is 2.17. The van der Waals surface area contributed by atoms with Gasteiger partial charge in [0.2, 0.25) is 15.9 Å². The molecule has 0 N–H and O–H groups in total. The van der Waals surface area contributed by atoms with Gasteiger partial charge in [0.25, 0.3) is 5.22 Å². The molecule has 0 fully saturated rings. The second kappa shape index (κ2) is 9.85. The molecule has 0 aliphatic rings. The first-order valence-electron chi connectivity index (χ1n) is 8.65. The van der Waals surface area contributed by atoms with Crippen molar-refractivity contribution in [2.75, 3.05) is 26.0 Å². The maximum atomic E-state index is 12.7. The Hall–Kier alpha value is -2.17. The van der Waals surface area contributed by atoms with Gasteiger partial charge in [-0.15, -0.1) is 10.2 Å². The second-order valence-electron chi connectivity index (χ2n) is 5.68. The molecule has 8 nitrogen and oxygen atoms in total. The van der Waals surface area contributed by atoms with Gasteiger partial charge in [-0.05, 0) is 25.1 Å². The van der Waals surface area contributed by atoms with Crippen molar-refractivity contribution < 1.29 is 22.4 Å². The third kappa shape index (κ3) is 5.21. The van der Waals surface area contributed by atoms with Crippen LogP contribution in [0, 0.1) is 0 Å². The second-order valence-corrected chi connectivity index (χ2v) is 8.59. The molecule has 2 rings (SSSR count). The van der Waals surface area contributed by atoms with Crippen LogP contribution in [-0.4, -0.2) is 54.8 Å². The average Bonchev–Trinajstić information content (AvgIpc) is 3.17. The molecular weight excluding hydrogens is 402 g/mol. The van der Waals surface area contributed by atoms with E-state index < -0.39 is 16.0 Å². The van der Waals surface area contributed by atoms with Crippen molar-refractivity contribution in [2.45, 2.75) is 30.9 Å². The number of rotatable bonds is 9. The van der Waals surface area contributed by atoms with Crippen molar-refractivity contribution in [3.63, 3.8) is 0 Å². The molecule has 0 aliphatic heterocycles. The van der Waals surface area contributed by atoms with E-state index in [1.54, 1.807) is 45.0 Å². The van der Waals surface area contributed by atoms with Crippen LogP contribution in [0.15, 0.2) is 50.4 Å². The molecular formula is C18H23N3O5S2.